The van der Waals surface area contributed by atoms with Gasteiger partial charge in [-0.2, -0.15) is 0 Å². The molecule has 1 amide bonds. The van der Waals surface area contributed by atoms with Crippen molar-refractivity contribution in [2.24, 2.45) is 11.8 Å². The Balaban J connectivity index is 2.31. The molecule has 0 aromatic carbocycles. The maximum atomic E-state index is 11.5. The SMILES string of the molecule is COC(=O)CNC(=O)[C@@H]1CNC[C@H]1C. The fraction of sp³-hybridized carbons (Fsp3) is 0.778. The highest BCUT2D eigenvalue weighted by molar-refractivity contribution is 5.84. The van der Waals surface area contributed by atoms with E-state index >= 15 is 0 Å². The van der Waals surface area contributed by atoms with Gasteiger partial charge in [-0.05, 0) is 12.5 Å². The predicted molar refractivity (Wildman–Crippen MR) is 50.5 cm³/mol. The molecule has 80 valence electrons. The van der Waals surface area contributed by atoms with Crippen molar-refractivity contribution in [3.8, 4) is 0 Å². The summed E-state index contributed by atoms with van der Waals surface area (Å²) in [4.78, 5) is 22.3. The minimum absolute atomic E-state index is 0.0281. The monoisotopic (exact) mass is 200 g/mol. The van der Waals surface area contributed by atoms with Gasteiger partial charge in [-0.1, -0.05) is 6.92 Å². The van der Waals surface area contributed by atoms with Crippen molar-refractivity contribution in [2.45, 2.75) is 6.92 Å². The van der Waals surface area contributed by atoms with Crippen molar-refractivity contribution in [3.05, 3.63) is 0 Å². The molecule has 14 heavy (non-hydrogen) atoms. The van der Waals surface area contributed by atoms with E-state index in [0.717, 1.165) is 6.54 Å². The fourth-order valence-electron chi connectivity index (χ4n) is 1.52. The van der Waals surface area contributed by atoms with E-state index in [9.17, 15) is 9.59 Å². The molecular weight excluding hydrogens is 184 g/mol. The summed E-state index contributed by atoms with van der Waals surface area (Å²) in [7, 11) is 1.30. The summed E-state index contributed by atoms with van der Waals surface area (Å²) in [5.74, 6) is -0.197. The molecule has 0 saturated carbocycles. The summed E-state index contributed by atoms with van der Waals surface area (Å²) in [6, 6.07) is 0. The predicted octanol–water partition coefficient (Wildman–Crippen LogP) is -0.869. The maximum Gasteiger partial charge on any atom is 0.325 e. The largest absolute Gasteiger partial charge is 0.468 e. The molecule has 0 unspecified atom stereocenters. The van der Waals surface area contributed by atoms with E-state index in [1.54, 1.807) is 0 Å². The molecule has 1 aliphatic heterocycles. The lowest BCUT2D eigenvalue weighted by atomic mass is 9.97. The molecule has 1 aliphatic rings. The molecule has 0 radical (unpaired) electrons. The zero-order chi connectivity index (χ0) is 10.6. The summed E-state index contributed by atoms with van der Waals surface area (Å²) in [5, 5.41) is 5.68. The topological polar surface area (TPSA) is 67.4 Å². The molecule has 1 saturated heterocycles. The van der Waals surface area contributed by atoms with Gasteiger partial charge in [0.2, 0.25) is 5.91 Å². The minimum atomic E-state index is -0.419. The smallest absolute Gasteiger partial charge is 0.325 e. The standard InChI is InChI=1S/C9H16N2O3/c1-6-3-10-4-7(6)9(13)11-5-8(12)14-2/h6-7,10H,3-5H2,1-2H3,(H,11,13)/t6-,7-/m1/s1. The van der Waals surface area contributed by atoms with E-state index < -0.39 is 5.97 Å². The zero-order valence-electron chi connectivity index (χ0n) is 8.50. The van der Waals surface area contributed by atoms with Crippen LogP contribution in [0, 0.1) is 11.8 Å². The number of amides is 1. The fourth-order valence-corrected chi connectivity index (χ4v) is 1.52. The van der Waals surface area contributed by atoms with Crippen molar-refractivity contribution < 1.29 is 14.3 Å². The van der Waals surface area contributed by atoms with Crippen LogP contribution in [0.4, 0.5) is 0 Å². The first-order valence-electron chi connectivity index (χ1n) is 4.70. The Morgan fingerprint density at radius 1 is 1.50 bits per heavy atom. The molecular formula is C9H16N2O3. The normalized spacial score (nSPS) is 25.9. The Bertz CT molecular complexity index is 230. The summed E-state index contributed by atoms with van der Waals surface area (Å²) in [6.45, 7) is 3.52. The highest BCUT2D eigenvalue weighted by Gasteiger charge is 2.29. The molecule has 0 aromatic rings. The van der Waals surface area contributed by atoms with E-state index in [-0.39, 0.29) is 18.4 Å². The number of carbonyl (C=O) groups is 2. The van der Waals surface area contributed by atoms with Crippen molar-refractivity contribution in [2.75, 3.05) is 26.7 Å². The van der Waals surface area contributed by atoms with E-state index in [0.29, 0.717) is 12.5 Å². The first kappa shape index (κ1) is 11.0. The number of nitrogens with one attached hydrogen (secondary N) is 2. The summed E-state index contributed by atoms with van der Waals surface area (Å²) < 4.78 is 4.42. The van der Waals surface area contributed by atoms with Crippen LogP contribution in [0.25, 0.3) is 0 Å². The number of methoxy groups -OCH3 is 1. The first-order valence-corrected chi connectivity index (χ1v) is 4.70. The molecule has 2 atom stereocenters. The zero-order valence-corrected chi connectivity index (χ0v) is 8.50. The van der Waals surface area contributed by atoms with Gasteiger partial charge in [0.25, 0.3) is 0 Å². The molecule has 1 heterocycles. The van der Waals surface area contributed by atoms with Crippen LogP contribution in [0.3, 0.4) is 0 Å². The van der Waals surface area contributed by atoms with Crippen molar-refractivity contribution in [3.63, 3.8) is 0 Å². The second-order valence-electron chi connectivity index (χ2n) is 3.54. The van der Waals surface area contributed by atoms with Gasteiger partial charge in [0.1, 0.15) is 6.54 Å². The van der Waals surface area contributed by atoms with Crippen molar-refractivity contribution >= 4 is 11.9 Å². The highest BCUT2D eigenvalue weighted by Crippen LogP contribution is 2.15. The van der Waals surface area contributed by atoms with Crippen LogP contribution in [-0.4, -0.2) is 38.6 Å². The second kappa shape index (κ2) is 4.95. The lowest BCUT2D eigenvalue weighted by Gasteiger charge is -2.13. The van der Waals surface area contributed by atoms with Crippen LogP contribution in [0.5, 0.6) is 0 Å². The van der Waals surface area contributed by atoms with Crippen LogP contribution in [0.1, 0.15) is 6.92 Å². The molecule has 1 fully saturated rings. The van der Waals surface area contributed by atoms with Crippen LogP contribution in [0.2, 0.25) is 0 Å². The van der Waals surface area contributed by atoms with Gasteiger partial charge in [0.05, 0.1) is 13.0 Å². The Hall–Kier alpha value is -1.10. The maximum absolute atomic E-state index is 11.5. The number of ether oxygens (including phenoxy) is 1. The summed E-state index contributed by atoms with van der Waals surface area (Å²) in [6.07, 6.45) is 0. The molecule has 2 N–H and O–H groups in total. The van der Waals surface area contributed by atoms with Gasteiger partial charge in [-0.3, -0.25) is 9.59 Å². The summed E-state index contributed by atoms with van der Waals surface area (Å²) >= 11 is 0. The van der Waals surface area contributed by atoms with Gasteiger partial charge >= 0.3 is 5.97 Å². The number of hydrogen-bond acceptors (Lipinski definition) is 4. The number of esters is 1. The van der Waals surface area contributed by atoms with Gasteiger partial charge < -0.3 is 15.4 Å². The number of rotatable bonds is 3. The molecule has 1 rings (SSSR count). The van der Waals surface area contributed by atoms with E-state index in [1.165, 1.54) is 7.11 Å². The molecule has 0 aliphatic carbocycles. The number of hydrogen-bond donors (Lipinski definition) is 2. The average Bonchev–Trinajstić information content (AvgIpc) is 2.60. The van der Waals surface area contributed by atoms with Gasteiger partial charge in [0.15, 0.2) is 0 Å². The van der Waals surface area contributed by atoms with Gasteiger partial charge in [-0.25, -0.2) is 0 Å². The Labute approximate surface area is 83.2 Å². The Morgan fingerprint density at radius 3 is 2.71 bits per heavy atom. The third-order valence-corrected chi connectivity index (χ3v) is 2.49. The third-order valence-electron chi connectivity index (χ3n) is 2.49. The molecule has 0 bridgehead atoms. The molecule has 5 nitrogen and oxygen atoms in total. The first-order chi connectivity index (χ1) is 6.65. The van der Waals surface area contributed by atoms with Crippen molar-refractivity contribution in [1.29, 1.82) is 0 Å². The number of carbonyl (C=O) groups excluding carboxylic acids is 2. The van der Waals surface area contributed by atoms with Crippen LogP contribution in [-0.2, 0) is 14.3 Å². The minimum Gasteiger partial charge on any atom is -0.468 e. The third kappa shape index (κ3) is 2.70. The average molecular weight is 200 g/mol. The van der Waals surface area contributed by atoms with E-state index in [4.69, 9.17) is 0 Å². The van der Waals surface area contributed by atoms with Crippen LogP contribution >= 0.6 is 0 Å². The molecule has 5 heteroatoms. The lowest BCUT2D eigenvalue weighted by Crippen LogP contribution is -2.37. The molecule has 0 spiro atoms. The second-order valence-corrected chi connectivity index (χ2v) is 3.54. The van der Waals surface area contributed by atoms with E-state index in [1.807, 2.05) is 6.92 Å². The lowest BCUT2D eigenvalue weighted by molar-refractivity contribution is -0.141. The molecule has 0 aromatic heterocycles. The van der Waals surface area contributed by atoms with Crippen LogP contribution in [0.15, 0.2) is 0 Å². The van der Waals surface area contributed by atoms with Crippen LogP contribution < -0.4 is 10.6 Å². The Morgan fingerprint density at radius 2 is 2.21 bits per heavy atom. The Kier molecular flexibility index (Phi) is 3.88. The highest BCUT2D eigenvalue weighted by atomic mass is 16.5. The van der Waals surface area contributed by atoms with Gasteiger partial charge in [0, 0.05) is 6.54 Å². The van der Waals surface area contributed by atoms with E-state index in [2.05, 4.69) is 15.4 Å². The van der Waals surface area contributed by atoms with Gasteiger partial charge in [-0.15, -0.1) is 0 Å². The van der Waals surface area contributed by atoms with Crippen molar-refractivity contribution in [1.82, 2.24) is 10.6 Å². The quantitative estimate of drug-likeness (QED) is 0.581. The summed E-state index contributed by atoms with van der Waals surface area (Å²) in [5.41, 5.74) is 0.